The number of nitrogens with zero attached hydrogens (tertiary/aromatic N) is 3. The number of rotatable bonds is 5. The van der Waals surface area contributed by atoms with Gasteiger partial charge in [0.05, 0.1) is 24.3 Å². The van der Waals surface area contributed by atoms with Crippen molar-refractivity contribution < 1.29 is 24.0 Å². The third kappa shape index (κ3) is 3.36. The van der Waals surface area contributed by atoms with Gasteiger partial charge in [0.25, 0.3) is 11.8 Å². The third-order valence-corrected chi connectivity index (χ3v) is 4.73. The van der Waals surface area contributed by atoms with Gasteiger partial charge in [0, 0.05) is 32.4 Å². The molecule has 0 unspecified atom stereocenters. The lowest BCUT2D eigenvalue weighted by atomic mass is 10.1. The maximum absolute atomic E-state index is 12.6. The second-order valence-corrected chi connectivity index (χ2v) is 6.37. The van der Waals surface area contributed by atoms with Crippen molar-refractivity contribution in [3.05, 3.63) is 59.4 Å². The molecule has 8 heteroatoms. The Hall–Kier alpha value is -2.97. The molecule has 27 heavy (non-hydrogen) atoms. The van der Waals surface area contributed by atoms with Crippen LogP contribution >= 0.6 is 0 Å². The molecule has 8 nitrogen and oxygen atoms in total. The normalized spacial score (nSPS) is 17.3. The molecule has 0 bridgehead atoms. The summed E-state index contributed by atoms with van der Waals surface area (Å²) in [5, 5.41) is 0.534. The maximum atomic E-state index is 12.6. The second-order valence-electron chi connectivity index (χ2n) is 6.37. The number of hydrogen-bond donors (Lipinski definition) is 0. The fourth-order valence-corrected chi connectivity index (χ4v) is 3.25. The van der Waals surface area contributed by atoms with Crippen molar-refractivity contribution in [3.63, 3.8) is 0 Å². The molecule has 2 aliphatic heterocycles. The van der Waals surface area contributed by atoms with E-state index in [4.69, 9.17) is 9.57 Å². The molecular formula is C19H19N3O5. The lowest BCUT2D eigenvalue weighted by Gasteiger charge is -2.26. The maximum Gasteiger partial charge on any atom is 0.380 e. The highest BCUT2D eigenvalue weighted by Gasteiger charge is 2.39. The van der Waals surface area contributed by atoms with E-state index in [0.29, 0.717) is 30.5 Å². The number of aromatic nitrogens is 1. The number of morpholine rings is 1. The van der Waals surface area contributed by atoms with Crippen molar-refractivity contribution in [1.29, 1.82) is 0 Å². The van der Waals surface area contributed by atoms with Crippen LogP contribution in [-0.4, -0.2) is 65.2 Å². The topological polar surface area (TPSA) is 81.1 Å². The summed E-state index contributed by atoms with van der Waals surface area (Å²) in [5.74, 6) is -2.00. The van der Waals surface area contributed by atoms with E-state index >= 15 is 0 Å². The zero-order valence-corrected chi connectivity index (χ0v) is 14.7. The van der Waals surface area contributed by atoms with E-state index in [1.54, 1.807) is 35.0 Å². The predicted octanol–water partition coefficient (Wildman–Crippen LogP) is 1.19. The van der Waals surface area contributed by atoms with Crippen LogP contribution in [0.5, 0.6) is 0 Å². The Labute approximate surface area is 155 Å². The molecule has 140 valence electrons. The van der Waals surface area contributed by atoms with Gasteiger partial charge in [-0.15, -0.1) is 0 Å². The Bertz CT molecular complexity index is 850. The van der Waals surface area contributed by atoms with Crippen LogP contribution in [0, 0.1) is 0 Å². The Morgan fingerprint density at radius 3 is 2.30 bits per heavy atom. The van der Waals surface area contributed by atoms with E-state index in [1.807, 2.05) is 0 Å². The van der Waals surface area contributed by atoms with E-state index in [2.05, 4.69) is 4.90 Å². The Morgan fingerprint density at radius 1 is 0.963 bits per heavy atom. The van der Waals surface area contributed by atoms with Crippen LogP contribution in [0.4, 0.5) is 0 Å². The van der Waals surface area contributed by atoms with Crippen LogP contribution in [-0.2, 0) is 16.1 Å². The first-order valence-corrected chi connectivity index (χ1v) is 8.80. The Kier molecular flexibility index (Phi) is 4.74. The SMILES string of the molecule is O=C(ON1C(=O)c2ccccc2C1=O)c1cccn1CCN1CCOCC1. The van der Waals surface area contributed by atoms with Gasteiger partial charge in [-0.05, 0) is 24.3 Å². The average molecular weight is 369 g/mol. The summed E-state index contributed by atoms with van der Waals surface area (Å²) in [6.07, 6.45) is 1.78. The molecule has 1 aromatic carbocycles. The molecule has 0 radical (unpaired) electrons. The Morgan fingerprint density at radius 2 is 1.63 bits per heavy atom. The minimum atomic E-state index is -0.739. The van der Waals surface area contributed by atoms with E-state index < -0.39 is 17.8 Å². The van der Waals surface area contributed by atoms with Crippen molar-refractivity contribution in [3.8, 4) is 0 Å². The molecule has 2 aliphatic rings. The number of fused-ring (bicyclic) bond motifs is 1. The van der Waals surface area contributed by atoms with Gasteiger partial charge in [-0.3, -0.25) is 14.5 Å². The number of hydroxylamine groups is 2. The summed E-state index contributed by atoms with van der Waals surface area (Å²) in [6.45, 7) is 4.50. The number of carbonyl (C=O) groups excluding carboxylic acids is 3. The second kappa shape index (κ2) is 7.34. The zero-order valence-electron chi connectivity index (χ0n) is 14.7. The average Bonchev–Trinajstić information content (AvgIpc) is 3.27. The number of benzene rings is 1. The van der Waals surface area contributed by atoms with Crippen molar-refractivity contribution in [2.24, 2.45) is 0 Å². The van der Waals surface area contributed by atoms with Crippen molar-refractivity contribution in [2.45, 2.75) is 6.54 Å². The molecule has 4 rings (SSSR count). The number of carbonyl (C=O) groups is 3. The van der Waals surface area contributed by atoms with Gasteiger partial charge >= 0.3 is 5.97 Å². The standard InChI is InChI=1S/C19H19N3O5/c23-17-14-4-1-2-5-15(14)18(24)22(17)27-19(25)16-6-3-7-21(16)9-8-20-10-12-26-13-11-20/h1-7H,8-13H2. The summed E-state index contributed by atoms with van der Waals surface area (Å²) in [6, 6.07) is 9.74. The molecule has 2 aromatic rings. The third-order valence-electron chi connectivity index (χ3n) is 4.73. The van der Waals surface area contributed by atoms with Gasteiger partial charge in [-0.1, -0.05) is 17.2 Å². The zero-order chi connectivity index (χ0) is 18.8. The quantitative estimate of drug-likeness (QED) is 0.737. The first-order valence-electron chi connectivity index (χ1n) is 8.80. The molecular weight excluding hydrogens is 350 g/mol. The number of amides is 2. The molecule has 0 spiro atoms. The molecule has 1 aromatic heterocycles. The van der Waals surface area contributed by atoms with Crippen LogP contribution in [0.25, 0.3) is 0 Å². The smallest absolute Gasteiger partial charge is 0.379 e. The number of imide groups is 1. The highest BCUT2D eigenvalue weighted by Crippen LogP contribution is 2.23. The molecule has 3 heterocycles. The van der Waals surface area contributed by atoms with Gasteiger partial charge in [-0.2, -0.15) is 0 Å². The molecule has 0 N–H and O–H groups in total. The summed E-state index contributed by atoms with van der Waals surface area (Å²) in [4.78, 5) is 44.6. The van der Waals surface area contributed by atoms with Gasteiger partial charge in [0.1, 0.15) is 5.69 Å². The van der Waals surface area contributed by atoms with Crippen molar-refractivity contribution in [1.82, 2.24) is 14.5 Å². The highest BCUT2D eigenvalue weighted by atomic mass is 16.7. The fraction of sp³-hybridized carbons (Fsp3) is 0.316. The van der Waals surface area contributed by atoms with Crippen LogP contribution in [0.3, 0.4) is 0 Å². The van der Waals surface area contributed by atoms with E-state index in [9.17, 15) is 14.4 Å². The van der Waals surface area contributed by atoms with Gasteiger partial charge in [0.15, 0.2) is 0 Å². The van der Waals surface area contributed by atoms with Gasteiger partial charge < -0.3 is 14.1 Å². The molecule has 1 fully saturated rings. The lowest BCUT2D eigenvalue weighted by Crippen LogP contribution is -2.38. The summed E-state index contributed by atoms with van der Waals surface area (Å²) in [5.41, 5.74) is 0.760. The number of hydrogen-bond acceptors (Lipinski definition) is 6. The Balaban J connectivity index is 1.43. The first-order chi connectivity index (χ1) is 13.1. The van der Waals surface area contributed by atoms with Crippen LogP contribution in [0.15, 0.2) is 42.6 Å². The monoisotopic (exact) mass is 369 g/mol. The molecule has 1 saturated heterocycles. The van der Waals surface area contributed by atoms with Gasteiger partial charge in [0.2, 0.25) is 0 Å². The predicted molar refractivity (Wildman–Crippen MR) is 94.0 cm³/mol. The minimum Gasteiger partial charge on any atom is -0.379 e. The van der Waals surface area contributed by atoms with Crippen LogP contribution in [0.1, 0.15) is 31.2 Å². The van der Waals surface area contributed by atoms with Gasteiger partial charge in [-0.25, -0.2) is 4.79 Å². The number of ether oxygens (including phenoxy) is 1. The molecule has 2 amide bonds. The van der Waals surface area contributed by atoms with E-state index in [1.165, 1.54) is 12.1 Å². The summed E-state index contributed by atoms with van der Waals surface area (Å²) >= 11 is 0. The van der Waals surface area contributed by atoms with Crippen molar-refractivity contribution >= 4 is 17.8 Å². The van der Waals surface area contributed by atoms with Crippen LogP contribution < -0.4 is 0 Å². The summed E-state index contributed by atoms with van der Waals surface area (Å²) < 4.78 is 7.09. The lowest BCUT2D eigenvalue weighted by molar-refractivity contribution is -0.0591. The molecule has 0 atom stereocenters. The van der Waals surface area contributed by atoms with Crippen LogP contribution in [0.2, 0.25) is 0 Å². The van der Waals surface area contributed by atoms with E-state index in [-0.39, 0.29) is 11.1 Å². The first kappa shape index (κ1) is 17.4. The fourth-order valence-electron chi connectivity index (χ4n) is 3.25. The summed E-state index contributed by atoms with van der Waals surface area (Å²) in [7, 11) is 0. The molecule has 0 aliphatic carbocycles. The minimum absolute atomic E-state index is 0.234. The van der Waals surface area contributed by atoms with Crippen molar-refractivity contribution in [2.75, 3.05) is 32.8 Å². The highest BCUT2D eigenvalue weighted by molar-refractivity contribution is 6.21. The molecule has 0 saturated carbocycles. The largest absolute Gasteiger partial charge is 0.380 e. The van der Waals surface area contributed by atoms with E-state index in [0.717, 1.165) is 19.6 Å².